The summed E-state index contributed by atoms with van der Waals surface area (Å²) in [5.74, 6) is 0.567. The Labute approximate surface area is 137 Å². The fraction of sp³-hybridized carbons (Fsp3) is 0.0769. The Hall–Kier alpha value is -1.14. The molecule has 0 spiro atoms. The molecule has 0 aliphatic heterocycles. The highest BCUT2D eigenvalue weighted by atomic mass is 35.5. The number of benzene rings is 2. The van der Waals surface area contributed by atoms with Gasteiger partial charge in [0.25, 0.3) is 0 Å². The van der Waals surface area contributed by atoms with Crippen molar-refractivity contribution in [2.24, 2.45) is 0 Å². The summed E-state index contributed by atoms with van der Waals surface area (Å²) in [6, 6.07) is 9.64. The minimum atomic E-state index is -3.43. The van der Waals surface area contributed by atoms with Crippen LogP contribution < -0.4 is 9.46 Å². The van der Waals surface area contributed by atoms with Crippen molar-refractivity contribution in [2.45, 2.75) is 0 Å². The summed E-state index contributed by atoms with van der Waals surface area (Å²) in [5.41, 5.74) is 0.294. The Morgan fingerprint density at radius 1 is 0.952 bits per heavy atom. The van der Waals surface area contributed by atoms with Crippen LogP contribution in [0.1, 0.15) is 0 Å². The molecule has 2 aromatic carbocycles. The van der Waals surface area contributed by atoms with E-state index >= 15 is 0 Å². The fourth-order valence-electron chi connectivity index (χ4n) is 1.55. The number of halogens is 3. The van der Waals surface area contributed by atoms with Gasteiger partial charge in [-0.05, 0) is 24.3 Å². The summed E-state index contributed by atoms with van der Waals surface area (Å²) in [7, 11) is -3.43. The van der Waals surface area contributed by atoms with E-state index < -0.39 is 10.0 Å². The SMILES string of the molecule is CS(=O)(=O)Nc1ccccc1Oc1ccc(Cl)c(Cl)c1Cl. The number of rotatable bonds is 4. The molecule has 2 aromatic rings. The Balaban J connectivity index is 2.39. The van der Waals surface area contributed by atoms with Gasteiger partial charge >= 0.3 is 0 Å². The summed E-state index contributed by atoms with van der Waals surface area (Å²) < 4.78 is 30.7. The van der Waals surface area contributed by atoms with Crippen molar-refractivity contribution in [1.29, 1.82) is 0 Å². The summed E-state index contributed by atoms with van der Waals surface area (Å²) in [6.45, 7) is 0. The first-order valence-corrected chi connectivity index (χ1v) is 8.68. The van der Waals surface area contributed by atoms with E-state index in [1.54, 1.807) is 30.3 Å². The van der Waals surface area contributed by atoms with Crippen molar-refractivity contribution in [3.8, 4) is 11.5 Å². The summed E-state index contributed by atoms with van der Waals surface area (Å²) in [4.78, 5) is 0. The van der Waals surface area contributed by atoms with Crippen LogP contribution >= 0.6 is 34.8 Å². The molecule has 0 saturated heterocycles. The van der Waals surface area contributed by atoms with E-state index in [9.17, 15) is 8.42 Å². The van der Waals surface area contributed by atoms with Gasteiger partial charge in [0, 0.05) is 0 Å². The van der Waals surface area contributed by atoms with Gasteiger partial charge in [-0.1, -0.05) is 46.9 Å². The molecule has 0 unspecified atom stereocenters. The number of nitrogens with one attached hydrogen (secondary N) is 1. The van der Waals surface area contributed by atoms with Gasteiger partial charge in [-0.25, -0.2) is 8.42 Å². The zero-order chi connectivity index (χ0) is 15.6. The van der Waals surface area contributed by atoms with Gasteiger partial charge in [0.2, 0.25) is 10.0 Å². The highest BCUT2D eigenvalue weighted by Crippen LogP contribution is 2.40. The maximum Gasteiger partial charge on any atom is 0.229 e. The van der Waals surface area contributed by atoms with E-state index in [1.165, 1.54) is 6.07 Å². The second-order valence-corrected chi connectivity index (χ2v) is 7.06. The Morgan fingerprint density at radius 3 is 2.29 bits per heavy atom. The molecule has 0 atom stereocenters. The molecule has 8 heteroatoms. The van der Waals surface area contributed by atoms with Gasteiger partial charge in [-0.15, -0.1) is 0 Å². The van der Waals surface area contributed by atoms with Crippen molar-refractivity contribution in [3.05, 3.63) is 51.5 Å². The van der Waals surface area contributed by atoms with Crippen LogP contribution in [0.4, 0.5) is 5.69 Å². The third-order valence-electron chi connectivity index (χ3n) is 2.40. The molecule has 0 saturated carbocycles. The third kappa shape index (κ3) is 4.17. The summed E-state index contributed by atoms with van der Waals surface area (Å²) in [5, 5.41) is 0.624. The smallest absolute Gasteiger partial charge is 0.229 e. The van der Waals surface area contributed by atoms with Gasteiger partial charge in [-0.3, -0.25) is 4.72 Å². The van der Waals surface area contributed by atoms with Crippen molar-refractivity contribution < 1.29 is 13.2 Å². The largest absolute Gasteiger partial charge is 0.454 e. The van der Waals surface area contributed by atoms with Gasteiger partial charge in [0.15, 0.2) is 5.75 Å². The first-order valence-electron chi connectivity index (χ1n) is 5.66. The lowest BCUT2D eigenvalue weighted by molar-refractivity contribution is 0.485. The van der Waals surface area contributed by atoms with Crippen LogP contribution in [0.15, 0.2) is 36.4 Å². The minimum absolute atomic E-state index is 0.151. The zero-order valence-corrected chi connectivity index (χ0v) is 13.8. The molecule has 2 rings (SSSR count). The van der Waals surface area contributed by atoms with Crippen molar-refractivity contribution in [2.75, 3.05) is 11.0 Å². The molecule has 21 heavy (non-hydrogen) atoms. The highest BCUT2D eigenvalue weighted by molar-refractivity contribution is 7.92. The average Bonchev–Trinajstić information content (AvgIpc) is 2.40. The molecule has 112 valence electrons. The quantitative estimate of drug-likeness (QED) is 0.790. The molecule has 0 bridgehead atoms. The molecule has 1 N–H and O–H groups in total. The number of ether oxygens (including phenoxy) is 1. The lowest BCUT2D eigenvalue weighted by Crippen LogP contribution is -2.10. The van der Waals surface area contributed by atoms with E-state index in [0.29, 0.717) is 16.5 Å². The van der Waals surface area contributed by atoms with Gasteiger partial charge in [-0.2, -0.15) is 0 Å². The van der Waals surface area contributed by atoms with Gasteiger partial charge in [0.1, 0.15) is 10.8 Å². The second kappa shape index (κ2) is 6.32. The number of anilines is 1. The molecule has 0 aliphatic rings. The third-order valence-corrected chi connectivity index (χ3v) is 4.27. The molecular weight excluding hydrogens is 357 g/mol. The fourth-order valence-corrected chi connectivity index (χ4v) is 2.68. The second-order valence-electron chi connectivity index (χ2n) is 4.15. The summed E-state index contributed by atoms with van der Waals surface area (Å²) in [6.07, 6.45) is 1.05. The van der Waals surface area contributed by atoms with E-state index in [4.69, 9.17) is 39.5 Å². The van der Waals surface area contributed by atoms with E-state index in [-0.39, 0.29) is 15.8 Å². The van der Waals surface area contributed by atoms with Crippen molar-refractivity contribution in [3.63, 3.8) is 0 Å². The average molecular weight is 367 g/mol. The molecule has 0 amide bonds. The highest BCUT2D eigenvalue weighted by Gasteiger charge is 2.13. The Bertz CT molecular complexity index is 778. The van der Waals surface area contributed by atoms with E-state index in [2.05, 4.69) is 4.72 Å². The topological polar surface area (TPSA) is 55.4 Å². The zero-order valence-electron chi connectivity index (χ0n) is 10.7. The molecular formula is C13H10Cl3NO3S. The first kappa shape index (κ1) is 16.2. The van der Waals surface area contributed by atoms with Crippen molar-refractivity contribution in [1.82, 2.24) is 0 Å². The van der Waals surface area contributed by atoms with Crippen LogP contribution in [0.5, 0.6) is 11.5 Å². The first-order chi connectivity index (χ1) is 9.78. The lowest BCUT2D eigenvalue weighted by atomic mass is 10.3. The molecule has 0 aliphatic carbocycles. The van der Waals surface area contributed by atoms with E-state index in [1.807, 2.05) is 0 Å². The van der Waals surface area contributed by atoms with Crippen LogP contribution in [0, 0.1) is 0 Å². The van der Waals surface area contributed by atoms with Crippen LogP contribution in [0.2, 0.25) is 15.1 Å². The van der Waals surface area contributed by atoms with E-state index in [0.717, 1.165) is 6.26 Å². The predicted molar refractivity (Wildman–Crippen MR) is 86.5 cm³/mol. The maximum absolute atomic E-state index is 11.3. The lowest BCUT2D eigenvalue weighted by Gasteiger charge is -2.13. The van der Waals surface area contributed by atoms with Gasteiger partial charge < -0.3 is 4.74 Å². The molecule has 0 heterocycles. The number of para-hydroxylation sites is 2. The molecule has 4 nitrogen and oxygen atoms in total. The van der Waals surface area contributed by atoms with Crippen LogP contribution in [0.25, 0.3) is 0 Å². The van der Waals surface area contributed by atoms with Crippen LogP contribution in [-0.4, -0.2) is 14.7 Å². The van der Waals surface area contributed by atoms with Crippen molar-refractivity contribution >= 4 is 50.5 Å². The monoisotopic (exact) mass is 365 g/mol. The number of hydrogen-bond donors (Lipinski definition) is 1. The standard InChI is InChI=1S/C13H10Cl3NO3S/c1-21(18,19)17-9-4-2-3-5-10(9)20-11-7-6-8(14)12(15)13(11)16/h2-7,17H,1H3. The van der Waals surface area contributed by atoms with Gasteiger partial charge in [0.05, 0.1) is 22.0 Å². The maximum atomic E-state index is 11.3. The predicted octanol–water partition coefficient (Wildman–Crippen LogP) is 4.81. The minimum Gasteiger partial charge on any atom is -0.454 e. The number of hydrogen-bond acceptors (Lipinski definition) is 3. The Morgan fingerprint density at radius 2 is 1.62 bits per heavy atom. The molecule has 0 aromatic heterocycles. The molecule has 0 fully saturated rings. The number of sulfonamides is 1. The van der Waals surface area contributed by atoms with Crippen LogP contribution in [0.3, 0.4) is 0 Å². The van der Waals surface area contributed by atoms with Crippen LogP contribution in [-0.2, 0) is 10.0 Å². The normalized spacial score (nSPS) is 11.2. The molecule has 0 radical (unpaired) electrons. The summed E-state index contributed by atoms with van der Waals surface area (Å²) >= 11 is 17.8. The Kier molecular flexibility index (Phi) is 4.88.